The van der Waals surface area contributed by atoms with Crippen molar-refractivity contribution >= 4 is 23.4 Å². The van der Waals surface area contributed by atoms with Crippen molar-refractivity contribution in [1.82, 2.24) is 4.98 Å². The number of benzene rings is 1. The summed E-state index contributed by atoms with van der Waals surface area (Å²) in [4.78, 5) is 28.8. The highest BCUT2D eigenvalue weighted by molar-refractivity contribution is 6.30. The number of aromatic amines is 1. The summed E-state index contributed by atoms with van der Waals surface area (Å²) in [6.45, 7) is 1.85. The average Bonchev–Trinajstić information content (AvgIpc) is 2.84. The number of fused-ring (bicyclic) bond motifs is 1. The van der Waals surface area contributed by atoms with Gasteiger partial charge in [-0.3, -0.25) is 4.79 Å². The first-order valence-electron chi connectivity index (χ1n) is 10.2. The Kier molecular flexibility index (Phi) is 5.58. The van der Waals surface area contributed by atoms with E-state index in [4.69, 9.17) is 16.3 Å². The molecule has 0 spiro atoms. The lowest BCUT2D eigenvalue weighted by atomic mass is 9.81. The number of ether oxygens (including phenoxy) is 1. The van der Waals surface area contributed by atoms with Crippen LogP contribution in [-0.4, -0.2) is 22.8 Å². The van der Waals surface area contributed by atoms with Gasteiger partial charge in [-0.25, -0.2) is 4.79 Å². The van der Waals surface area contributed by atoms with Crippen molar-refractivity contribution in [3.63, 3.8) is 0 Å². The van der Waals surface area contributed by atoms with Crippen molar-refractivity contribution < 1.29 is 14.3 Å². The van der Waals surface area contributed by atoms with E-state index in [0.29, 0.717) is 29.1 Å². The zero-order valence-electron chi connectivity index (χ0n) is 16.2. The van der Waals surface area contributed by atoms with E-state index in [0.717, 1.165) is 42.5 Å². The smallest absolute Gasteiger partial charge is 0.355 e. The molecule has 1 atom stereocenters. The number of H-pyrrole nitrogens is 1. The second-order valence-electron chi connectivity index (χ2n) is 8.08. The van der Waals surface area contributed by atoms with Crippen LogP contribution in [0.25, 0.3) is 0 Å². The van der Waals surface area contributed by atoms with E-state index in [-0.39, 0.29) is 23.8 Å². The molecule has 4 rings (SSSR count). The first-order valence-corrected chi connectivity index (χ1v) is 10.6. The van der Waals surface area contributed by atoms with Crippen LogP contribution in [0.15, 0.2) is 24.3 Å². The molecule has 148 valence electrons. The normalized spacial score (nSPS) is 20.5. The van der Waals surface area contributed by atoms with Crippen LogP contribution in [0.5, 0.6) is 0 Å². The molecule has 28 heavy (non-hydrogen) atoms. The molecule has 1 N–H and O–H groups in total. The zero-order valence-corrected chi connectivity index (χ0v) is 17.0. The van der Waals surface area contributed by atoms with Gasteiger partial charge in [-0.2, -0.15) is 0 Å². The van der Waals surface area contributed by atoms with Crippen molar-refractivity contribution in [1.29, 1.82) is 0 Å². The van der Waals surface area contributed by atoms with Gasteiger partial charge in [-0.1, -0.05) is 36.6 Å². The Balaban J connectivity index is 1.54. The average molecular weight is 400 g/mol. The van der Waals surface area contributed by atoms with Crippen LogP contribution in [-0.2, 0) is 11.2 Å². The molecule has 1 aromatic heterocycles. The Morgan fingerprint density at radius 2 is 1.75 bits per heavy atom. The summed E-state index contributed by atoms with van der Waals surface area (Å²) in [5.41, 5.74) is 3.80. The lowest BCUT2D eigenvalue weighted by Crippen LogP contribution is -2.18. The van der Waals surface area contributed by atoms with Crippen LogP contribution >= 0.6 is 11.6 Å². The van der Waals surface area contributed by atoms with E-state index in [9.17, 15) is 9.59 Å². The number of Topliss-reactive ketones (excluding diaryl/α,β-unsaturated/α-hetero) is 1. The van der Waals surface area contributed by atoms with Crippen LogP contribution < -0.4 is 0 Å². The fourth-order valence-corrected chi connectivity index (χ4v) is 4.70. The van der Waals surface area contributed by atoms with Gasteiger partial charge in [0, 0.05) is 22.7 Å². The Bertz CT molecular complexity index is 876. The number of aromatic nitrogens is 1. The van der Waals surface area contributed by atoms with Crippen molar-refractivity contribution in [2.24, 2.45) is 0 Å². The van der Waals surface area contributed by atoms with E-state index < -0.39 is 0 Å². The number of nitrogens with one attached hydrogen (secondary N) is 1. The molecule has 0 aliphatic heterocycles. The van der Waals surface area contributed by atoms with Crippen LogP contribution in [0.3, 0.4) is 0 Å². The van der Waals surface area contributed by atoms with Crippen molar-refractivity contribution in [3.8, 4) is 0 Å². The highest BCUT2D eigenvalue weighted by atomic mass is 35.5. The lowest BCUT2D eigenvalue weighted by molar-refractivity contribution is 0.0260. The van der Waals surface area contributed by atoms with Gasteiger partial charge in [0.1, 0.15) is 11.8 Å². The van der Waals surface area contributed by atoms with Crippen molar-refractivity contribution in [2.75, 3.05) is 0 Å². The summed E-state index contributed by atoms with van der Waals surface area (Å²) in [5.74, 6) is -0.140. The number of carbonyl (C=O) groups is 2. The maximum Gasteiger partial charge on any atom is 0.355 e. The second-order valence-corrected chi connectivity index (χ2v) is 8.51. The SMILES string of the molecule is Cc1c(C(=O)OC2CCCCCC2)[nH]c2c1C(=O)CC(c1ccc(Cl)cc1)C2. The molecule has 2 aliphatic carbocycles. The van der Waals surface area contributed by atoms with Gasteiger partial charge < -0.3 is 9.72 Å². The number of hydrogen-bond donors (Lipinski definition) is 1. The molecule has 1 fully saturated rings. The molecule has 2 aromatic rings. The van der Waals surface area contributed by atoms with Crippen LogP contribution in [0.2, 0.25) is 5.02 Å². The molecule has 0 radical (unpaired) electrons. The largest absolute Gasteiger partial charge is 0.458 e. The molecular weight excluding hydrogens is 374 g/mol. The van der Waals surface area contributed by atoms with Crippen molar-refractivity contribution in [2.45, 2.75) is 70.3 Å². The molecule has 0 amide bonds. The third-order valence-electron chi connectivity index (χ3n) is 6.11. The minimum atomic E-state index is -0.324. The number of hydrogen-bond acceptors (Lipinski definition) is 3. The third-order valence-corrected chi connectivity index (χ3v) is 6.36. The Labute approximate surface area is 170 Å². The number of rotatable bonds is 3. The van der Waals surface area contributed by atoms with Crippen LogP contribution in [0, 0.1) is 6.92 Å². The molecule has 2 aliphatic rings. The maximum atomic E-state index is 12.8. The molecule has 1 unspecified atom stereocenters. The molecule has 0 bridgehead atoms. The standard InChI is InChI=1S/C23H26ClNO3/c1-14-21-19(12-16(13-20(21)26)15-8-10-17(24)11-9-15)25-22(14)23(27)28-18-6-4-2-3-5-7-18/h8-11,16,18,25H,2-7,12-13H2,1H3. The zero-order chi connectivity index (χ0) is 19.7. The molecule has 1 aromatic carbocycles. The number of carbonyl (C=O) groups excluding carboxylic acids is 2. The molecule has 5 heteroatoms. The van der Waals surface area contributed by atoms with Gasteiger partial charge in [0.15, 0.2) is 5.78 Å². The van der Waals surface area contributed by atoms with Gasteiger partial charge in [0.2, 0.25) is 0 Å². The Morgan fingerprint density at radius 1 is 1.07 bits per heavy atom. The fourth-order valence-electron chi connectivity index (χ4n) is 4.58. The topological polar surface area (TPSA) is 59.2 Å². The molecule has 0 saturated heterocycles. The molecule has 1 saturated carbocycles. The van der Waals surface area contributed by atoms with Gasteiger partial charge in [0.25, 0.3) is 0 Å². The van der Waals surface area contributed by atoms with E-state index in [1.807, 2.05) is 31.2 Å². The number of halogens is 1. The van der Waals surface area contributed by atoms with Gasteiger partial charge >= 0.3 is 5.97 Å². The predicted molar refractivity (Wildman–Crippen MR) is 109 cm³/mol. The lowest BCUT2D eigenvalue weighted by Gasteiger charge is -2.22. The predicted octanol–water partition coefficient (Wildman–Crippen LogP) is 5.77. The minimum absolute atomic E-state index is 0.00718. The molecule has 4 nitrogen and oxygen atoms in total. The summed E-state index contributed by atoms with van der Waals surface area (Å²) in [5, 5.41) is 0.686. The summed E-state index contributed by atoms with van der Waals surface area (Å²) in [6.07, 6.45) is 7.66. The summed E-state index contributed by atoms with van der Waals surface area (Å²) < 4.78 is 5.78. The first kappa shape index (κ1) is 19.3. The van der Waals surface area contributed by atoms with E-state index >= 15 is 0 Å². The maximum absolute atomic E-state index is 12.8. The van der Waals surface area contributed by atoms with Crippen LogP contribution in [0.4, 0.5) is 0 Å². The van der Waals surface area contributed by atoms with Gasteiger partial charge in [-0.05, 0) is 68.2 Å². The summed E-state index contributed by atoms with van der Waals surface area (Å²) in [6, 6.07) is 7.66. The van der Waals surface area contributed by atoms with Crippen LogP contribution in [0.1, 0.15) is 88.5 Å². The molecule has 1 heterocycles. The number of esters is 1. The quantitative estimate of drug-likeness (QED) is 0.526. The summed E-state index contributed by atoms with van der Waals surface area (Å²) >= 11 is 5.98. The van der Waals surface area contributed by atoms with E-state index in [1.165, 1.54) is 12.8 Å². The molecular formula is C23H26ClNO3. The Hall–Kier alpha value is -2.07. The fraction of sp³-hybridized carbons (Fsp3) is 0.478. The highest BCUT2D eigenvalue weighted by Crippen LogP contribution is 2.35. The summed E-state index contributed by atoms with van der Waals surface area (Å²) in [7, 11) is 0. The third kappa shape index (κ3) is 3.88. The Morgan fingerprint density at radius 3 is 2.43 bits per heavy atom. The first-order chi connectivity index (χ1) is 13.5. The van der Waals surface area contributed by atoms with E-state index in [2.05, 4.69) is 4.98 Å². The van der Waals surface area contributed by atoms with Crippen molar-refractivity contribution in [3.05, 3.63) is 57.4 Å². The highest BCUT2D eigenvalue weighted by Gasteiger charge is 2.32. The monoisotopic (exact) mass is 399 g/mol. The second kappa shape index (κ2) is 8.12. The minimum Gasteiger partial charge on any atom is -0.458 e. The van der Waals surface area contributed by atoms with Gasteiger partial charge in [0.05, 0.1) is 0 Å². The van der Waals surface area contributed by atoms with E-state index in [1.54, 1.807) is 0 Å². The van der Waals surface area contributed by atoms with Gasteiger partial charge in [-0.15, -0.1) is 0 Å². The number of ketones is 1.